The summed E-state index contributed by atoms with van der Waals surface area (Å²) in [5.74, 6) is -0.826. The predicted molar refractivity (Wildman–Crippen MR) is 67.5 cm³/mol. The van der Waals surface area contributed by atoms with Crippen molar-refractivity contribution in [3.05, 3.63) is 58.9 Å². The van der Waals surface area contributed by atoms with Gasteiger partial charge in [0.2, 0.25) is 0 Å². The van der Waals surface area contributed by atoms with Crippen LogP contribution in [0.2, 0.25) is 5.02 Å². The normalized spacial score (nSPS) is 10.1. The van der Waals surface area contributed by atoms with E-state index in [9.17, 15) is 9.18 Å². The van der Waals surface area contributed by atoms with Gasteiger partial charge in [-0.2, -0.15) is 0 Å². The summed E-state index contributed by atoms with van der Waals surface area (Å²) in [6, 6.07) is 9.70. The molecule has 1 amide bonds. The third kappa shape index (κ3) is 2.78. The van der Waals surface area contributed by atoms with E-state index in [0.29, 0.717) is 11.3 Å². The van der Waals surface area contributed by atoms with Crippen LogP contribution in [0.5, 0.6) is 5.75 Å². The minimum Gasteiger partial charge on any atom is -0.508 e. The zero-order valence-corrected chi connectivity index (χ0v) is 9.91. The van der Waals surface area contributed by atoms with Gasteiger partial charge in [-0.05, 0) is 42.5 Å². The van der Waals surface area contributed by atoms with Crippen molar-refractivity contribution in [2.24, 2.45) is 0 Å². The lowest BCUT2D eigenvalue weighted by molar-refractivity contribution is 0.102. The number of hydrogen-bond donors (Lipinski definition) is 2. The van der Waals surface area contributed by atoms with Gasteiger partial charge in [0.25, 0.3) is 5.91 Å². The molecule has 92 valence electrons. The van der Waals surface area contributed by atoms with Crippen LogP contribution in [0.1, 0.15) is 10.4 Å². The molecular formula is C13H9ClFNO2. The van der Waals surface area contributed by atoms with Crippen molar-refractivity contribution < 1.29 is 14.3 Å². The standard InChI is InChI=1S/C13H9ClFNO2/c14-11-7-9(3-6-12(11)15)16-13(18)8-1-4-10(17)5-2-8/h1-7,17H,(H,16,18). The molecule has 0 heterocycles. The summed E-state index contributed by atoms with van der Waals surface area (Å²) in [5, 5.41) is 11.6. The summed E-state index contributed by atoms with van der Waals surface area (Å²) in [6.45, 7) is 0. The number of carbonyl (C=O) groups is 1. The molecule has 0 aliphatic heterocycles. The van der Waals surface area contributed by atoms with Gasteiger partial charge < -0.3 is 10.4 Å². The van der Waals surface area contributed by atoms with Crippen LogP contribution in [-0.2, 0) is 0 Å². The van der Waals surface area contributed by atoms with Gasteiger partial charge in [0.15, 0.2) is 0 Å². The molecule has 0 radical (unpaired) electrons. The van der Waals surface area contributed by atoms with Gasteiger partial charge in [0.05, 0.1) is 5.02 Å². The number of benzene rings is 2. The molecule has 3 nitrogen and oxygen atoms in total. The molecule has 0 atom stereocenters. The van der Waals surface area contributed by atoms with Crippen LogP contribution in [0, 0.1) is 5.82 Å². The summed E-state index contributed by atoms with van der Waals surface area (Å²) >= 11 is 5.60. The van der Waals surface area contributed by atoms with Gasteiger partial charge in [-0.25, -0.2) is 4.39 Å². The lowest BCUT2D eigenvalue weighted by Gasteiger charge is -2.06. The fourth-order valence-electron chi connectivity index (χ4n) is 1.39. The van der Waals surface area contributed by atoms with Gasteiger partial charge in [-0.15, -0.1) is 0 Å². The van der Waals surface area contributed by atoms with Crippen molar-refractivity contribution in [1.82, 2.24) is 0 Å². The van der Waals surface area contributed by atoms with Gasteiger partial charge in [-0.1, -0.05) is 11.6 Å². The second-order valence-corrected chi connectivity index (χ2v) is 4.04. The number of hydrogen-bond acceptors (Lipinski definition) is 2. The van der Waals surface area contributed by atoms with Crippen molar-refractivity contribution in [1.29, 1.82) is 0 Å². The summed E-state index contributed by atoms with van der Waals surface area (Å²) in [5.41, 5.74) is 0.785. The van der Waals surface area contributed by atoms with Crippen molar-refractivity contribution in [3.63, 3.8) is 0 Å². The average Bonchev–Trinajstić information content (AvgIpc) is 2.34. The molecule has 2 aromatic carbocycles. The van der Waals surface area contributed by atoms with E-state index >= 15 is 0 Å². The lowest BCUT2D eigenvalue weighted by atomic mass is 10.2. The Kier molecular flexibility index (Phi) is 3.48. The fraction of sp³-hybridized carbons (Fsp3) is 0. The third-order valence-corrected chi connectivity index (χ3v) is 2.60. The number of rotatable bonds is 2. The van der Waals surface area contributed by atoms with Crippen LogP contribution in [-0.4, -0.2) is 11.0 Å². The smallest absolute Gasteiger partial charge is 0.255 e. The average molecular weight is 266 g/mol. The highest BCUT2D eigenvalue weighted by Gasteiger charge is 2.07. The molecule has 0 unspecified atom stereocenters. The van der Waals surface area contributed by atoms with E-state index in [1.165, 1.54) is 42.5 Å². The Bertz CT molecular complexity index is 584. The maximum Gasteiger partial charge on any atom is 0.255 e. The van der Waals surface area contributed by atoms with Gasteiger partial charge in [-0.3, -0.25) is 4.79 Å². The second kappa shape index (κ2) is 5.06. The molecule has 18 heavy (non-hydrogen) atoms. The Morgan fingerprint density at radius 1 is 1.17 bits per heavy atom. The first-order valence-corrected chi connectivity index (χ1v) is 5.49. The molecular weight excluding hydrogens is 257 g/mol. The molecule has 0 spiro atoms. The van der Waals surface area contributed by atoms with Gasteiger partial charge in [0, 0.05) is 11.3 Å². The quantitative estimate of drug-likeness (QED) is 0.874. The Hall–Kier alpha value is -2.07. The molecule has 0 saturated carbocycles. The lowest BCUT2D eigenvalue weighted by Crippen LogP contribution is -2.11. The minimum absolute atomic E-state index is 0.0569. The third-order valence-electron chi connectivity index (χ3n) is 2.31. The molecule has 0 aromatic heterocycles. The molecule has 2 N–H and O–H groups in total. The number of phenols is 1. The monoisotopic (exact) mass is 265 g/mol. The largest absolute Gasteiger partial charge is 0.508 e. The van der Waals surface area contributed by atoms with E-state index in [-0.39, 0.29) is 16.7 Å². The fourth-order valence-corrected chi connectivity index (χ4v) is 1.57. The maximum atomic E-state index is 12.9. The van der Waals surface area contributed by atoms with Crippen LogP contribution in [0.4, 0.5) is 10.1 Å². The summed E-state index contributed by atoms with van der Waals surface area (Å²) in [4.78, 5) is 11.8. The predicted octanol–water partition coefficient (Wildman–Crippen LogP) is 3.44. The van der Waals surface area contributed by atoms with E-state index in [1.807, 2.05) is 0 Å². The summed E-state index contributed by atoms with van der Waals surface area (Å²) < 4.78 is 12.9. The van der Waals surface area contributed by atoms with Crippen molar-refractivity contribution in [3.8, 4) is 5.75 Å². The Labute approximate surface area is 108 Å². The Morgan fingerprint density at radius 3 is 2.44 bits per heavy atom. The Morgan fingerprint density at radius 2 is 1.83 bits per heavy atom. The molecule has 0 aliphatic rings. The number of aromatic hydroxyl groups is 1. The first-order valence-electron chi connectivity index (χ1n) is 5.12. The SMILES string of the molecule is O=C(Nc1ccc(F)c(Cl)c1)c1ccc(O)cc1. The first kappa shape index (κ1) is 12.4. The minimum atomic E-state index is -0.542. The zero-order valence-electron chi connectivity index (χ0n) is 9.15. The number of phenolic OH excluding ortho intramolecular Hbond substituents is 1. The van der Waals surface area contributed by atoms with E-state index in [1.54, 1.807) is 0 Å². The summed E-state index contributed by atoms with van der Waals surface area (Å²) in [6.07, 6.45) is 0. The number of anilines is 1. The second-order valence-electron chi connectivity index (χ2n) is 3.63. The molecule has 0 aliphatic carbocycles. The maximum absolute atomic E-state index is 12.9. The highest BCUT2D eigenvalue weighted by atomic mass is 35.5. The number of halogens is 2. The van der Waals surface area contributed by atoms with Crippen LogP contribution in [0.3, 0.4) is 0 Å². The van der Waals surface area contributed by atoms with Gasteiger partial charge >= 0.3 is 0 Å². The number of amides is 1. The van der Waals surface area contributed by atoms with E-state index in [4.69, 9.17) is 16.7 Å². The van der Waals surface area contributed by atoms with Gasteiger partial charge in [0.1, 0.15) is 11.6 Å². The topological polar surface area (TPSA) is 49.3 Å². The highest BCUT2D eigenvalue weighted by Crippen LogP contribution is 2.20. The van der Waals surface area contributed by atoms with E-state index < -0.39 is 5.82 Å². The van der Waals surface area contributed by atoms with Crippen molar-refractivity contribution in [2.45, 2.75) is 0 Å². The Balaban J connectivity index is 2.16. The summed E-state index contributed by atoms with van der Waals surface area (Å²) in [7, 11) is 0. The van der Waals surface area contributed by atoms with Crippen LogP contribution in [0.25, 0.3) is 0 Å². The number of nitrogens with one attached hydrogen (secondary N) is 1. The molecule has 2 aromatic rings. The van der Waals surface area contributed by atoms with Crippen LogP contribution >= 0.6 is 11.6 Å². The molecule has 2 rings (SSSR count). The first-order chi connectivity index (χ1) is 8.56. The number of carbonyl (C=O) groups excluding carboxylic acids is 1. The molecule has 0 fully saturated rings. The molecule has 0 saturated heterocycles. The van der Waals surface area contributed by atoms with E-state index in [0.717, 1.165) is 0 Å². The van der Waals surface area contributed by atoms with E-state index in [2.05, 4.69) is 5.32 Å². The van der Waals surface area contributed by atoms with Crippen molar-refractivity contribution in [2.75, 3.05) is 5.32 Å². The zero-order chi connectivity index (χ0) is 13.1. The highest BCUT2D eigenvalue weighted by molar-refractivity contribution is 6.31. The molecule has 5 heteroatoms. The van der Waals surface area contributed by atoms with Crippen molar-refractivity contribution >= 4 is 23.2 Å². The van der Waals surface area contributed by atoms with Crippen LogP contribution < -0.4 is 5.32 Å². The molecule has 0 bridgehead atoms. The van der Waals surface area contributed by atoms with Crippen LogP contribution in [0.15, 0.2) is 42.5 Å².